The van der Waals surface area contributed by atoms with E-state index in [2.05, 4.69) is 14.6 Å². The van der Waals surface area contributed by atoms with Crippen LogP contribution in [-0.2, 0) is 9.57 Å². The van der Waals surface area contributed by atoms with E-state index in [-0.39, 0.29) is 11.0 Å². The molecule has 7 heteroatoms. The van der Waals surface area contributed by atoms with Crippen LogP contribution in [0.1, 0.15) is 25.8 Å². The van der Waals surface area contributed by atoms with Crippen LogP contribution in [0.3, 0.4) is 0 Å². The normalized spacial score (nSPS) is 13.7. The predicted molar refractivity (Wildman–Crippen MR) is 73.6 cm³/mol. The van der Waals surface area contributed by atoms with Gasteiger partial charge in [-0.15, -0.1) is 8.78 Å². The molecular formula is C13H17ClF2N2O2. The van der Waals surface area contributed by atoms with Crippen LogP contribution in [0, 0.1) is 6.92 Å². The summed E-state index contributed by atoms with van der Waals surface area (Å²) in [7, 11) is 0. The summed E-state index contributed by atoms with van der Waals surface area (Å²) in [4.78, 5) is 8.03. The number of allylic oxidation sites excluding steroid dienone is 1. The first-order chi connectivity index (χ1) is 9.34. The Morgan fingerprint density at radius 2 is 2.20 bits per heavy atom. The molecule has 0 aliphatic rings. The molecule has 1 atom stereocenters. The van der Waals surface area contributed by atoms with Crippen molar-refractivity contribution < 1.29 is 18.4 Å². The van der Waals surface area contributed by atoms with Gasteiger partial charge in [0, 0.05) is 0 Å². The fraction of sp³-hybridized carbons (Fsp3) is 0.462. The first-order valence-electron chi connectivity index (χ1n) is 6.13. The van der Waals surface area contributed by atoms with Gasteiger partial charge in [0.2, 0.25) is 0 Å². The minimum atomic E-state index is -3.78. The van der Waals surface area contributed by atoms with Crippen LogP contribution < -0.4 is 5.48 Å². The molecule has 1 N–H and O–H groups in total. The van der Waals surface area contributed by atoms with Crippen molar-refractivity contribution in [2.24, 2.45) is 0 Å². The fourth-order valence-electron chi connectivity index (χ4n) is 1.28. The zero-order valence-corrected chi connectivity index (χ0v) is 12.2. The Bertz CT molecular complexity index is 470. The average Bonchev–Trinajstić information content (AvgIpc) is 2.37. The Hall–Kier alpha value is -1.24. The second-order valence-corrected chi connectivity index (χ2v) is 4.49. The average molecular weight is 307 g/mol. The van der Waals surface area contributed by atoms with Gasteiger partial charge in [-0.1, -0.05) is 36.7 Å². The highest BCUT2D eigenvalue weighted by atomic mass is 35.5. The van der Waals surface area contributed by atoms with Crippen molar-refractivity contribution in [3.63, 3.8) is 0 Å². The van der Waals surface area contributed by atoms with Crippen LogP contribution >= 0.6 is 11.6 Å². The summed E-state index contributed by atoms with van der Waals surface area (Å²) < 4.78 is 31.2. The number of aryl methyl sites for hydroxylation is 1. The summed E-state index contributed by atoms with van der Waals surface area (Å²) in [5, 5.41) is 0.210. The topological polar surface area (TPSA) is 43.4 Å². The Labute approximate surface area is 121 Å². The van der Waals surface area contributed by atoms with Gasteiger partial charge in [0.15, 0.2) is 5.82 Å². The van der Waals surface area contributed by atoms with Crippen molar-refractivity contribution in [1.29, 1.82) is 0 Å². The van der Waals surface area contributed by atoms with E-state index in [1.807, 2.05) is 12.4 Å². The van der Waals surface area contributed by atoms with Gasteiger partial charge in [0.1, 0.15) is 5.15 Å². The number of ether oxygens (including phenoxy) is 1. The third-order valence-electron chi connectivity index (χ3n) is 2.28. The van der Waals surface area contributed by atoms with E-state index in [1.165, 1.54) is 19.1 Å². The number of anilines is 1. The molecule has 112 valence electrons. The summed E-state index contributed by atoms with van der Waals surface area (Å²) in [6.07, 6.45) is -0.560. The zero-order chi connectivity index (χ0) is 15.2. The van der Waals surface area contributed by atoms with Crippen LogP contribution in [0.25, 0.3) is 0 Å². The van der Waals surface area contributed by atoms with Crippen LogP contribution in [0.5, 0.6) is 0 Å². The van der Waals surface area contributed by atoms with E-state index in [9.17, 15) is 8.78 Å². The maximum atomic E-state index is 13.4. The summed E-state index contributed by atoms with van der Waals surface area (Å²) in [5.41, 5.74) is 2.75. The lowest BCUT2D eigenvalue weighted by Gasteiger charge is -2.19. The van der Waals surface area contributed by atoms with Gasteiger partial charge in [-0.3, -0.25) is 4.74 Å². The molecule has 0 saturated carbocycles. The summed E-state index contributed by atoms with van der Waals surface area (Å²) in [6.45, 7) is 5.13. The highest BCUT2D eigenvalue weighted by Gasteiger charge is 2.35. The standard InChI is InChI=1S/C13H17ClF2N2O2/c1-4-5-6-10(3)19-13(15,16)20-18-11-8-7-9(2)12(14)17-11/h5-8,10H,4H2,1-3H3,(H,17,18)/b6-5-. The second kappa shape index (κ2) is 7.52. The minimum Gasteiger partial charge on any atom is -0.287 e. The van der Waals surface area contributed by atoms with Crippen molar-refractivity contribution in [2.75, 3.05) is 5.48 Å². The number of hydrogen-bond donors (Lipinski definition) is 1. The molecule has 0 aliphatic heterocycles. The molecular weight excluding hydrogens is 290 g/mol. The van der Waals surface area contributed by atoms with Gasteiger partial charge >= 0.3 is 6.29 Å². The van der Waals surface area contributed by atoms with Gasteiger partial charge in [-0.25, -0.2) is 10.5 Å². The van der Waals surface area contributed by atoms with E-state index in [4.69, 9.17) is 11.6 Å². The van der Waals surface area contributed by atoms with Gasteiger partial charge in [-0.05, 0) is 31.9 Å². The molecule has 1 heterocycles. The lowest BCUT2D eigenvalue weighted by Crippen LogP contribution is -2.31. The number of rotatable bonds is 7. The highest BCUT2D eigenvalue weighted by molar-refractivity contribution is 6.30. The number of alkyl halides is 2. The smallest absolute Gasteiger partial charge is 0.287 e. The number of nitrogens with zero attached hydrogens (tertiary/aromatic N) is 1. The second-order valence-electron chi connectivity index (χ2n) is 4.13. The lowest BCUT2D eigenvalue weighted by molar-refractivity contribution is -0.390. The number of aromatic nitrogens is 1. The molecule has 0 amide bonds. The maximum absolute atomic E-state index is 13.4. The molecule has 0 spiro atoms. The molecule has 20 heavy (non-hydrogen) atoms. The van der Waals surface area contributed by atoms with Crippen molar-refractivity contribution in [1.82, 2.24) is 4.98 Å². The third kappa shape index (κ3) is 5.81. The lowest BCUT2D eigenvalue weighted by atomic mass is 10.3. The van der Waals surface area contributed by atoms with Gasteiger partial charge < -0.3 is 0 Å². The van der Waals surface area contributed by atoms with Gasteiger partial charge in [0.05, 0.1) is 6.10 Å². The SMILES string of the molecule is CC/C=C\C(C)OC(F)(F)ONc1ccc(C)c(Cl)n1. The largest absolute Gasteiger partial charge is 0.507 e. The molecule has 1 aromatic rings. The molecule has 1 unspecified atom stereocenters. The molecule has 0 radical (unpaired) electrons. The first-order valence-corrected chi connectivity index (χ1v) is 6.51. The predicted octanol–water partition coefficient (Wildman–Crippen LogP) is 4.31. The monoisotopic (exact) mass is 306 g/mol. The fourth-order valence-corrected chi connectivity index (χ4v) is 1.43. The number of halogens is 3. The molecule has 0 bridgehead atoms. The van der Waals surface area contributed by atoms with Crippen molar-refractivity contribution in [3.05, 3.63) is 35.0 Å². The van der Waals surface area contributed by atoms with E-state index in [0.717, 1.165) is 12.0 Å². The molecule has 4 nitrogen and oxygen atoms in total. The molecule has 0 fully saturated rings. The maximum Gasteiger partial charge on any atom is 0.507 e. The van der Waals surface area contributed by atoms with Crippen LogP contribution in [0.4, 0.5) is 14.6 Å². The van der Waals surface area contributed by atoms with Crippen LogP contribution in [-0.4, -0.2) is 17.4 Å². The van der Waals surface area contributed by atoms with Crippen molar-refractivity contribution >= 4 is 17.4 Å². The molecule has 0 aromatic carbocycles. The van der Waals surface area contributed by atoms with Crippen molar-refractivity contribution in [2.45, 2.75) is 39.6 Å². The van der Waals surface area contributed by atoms with Crippen LogP contribution in [0.2, 0.25) is 5.15 Å². The summed E-state index contributed by atoms with van der Waals surface area (Å²) in [5.74, 6) is 0.0700. The van der Waals surface area contributed by atoms with Gasteiger partial charge in [-0.2, -0.15) is 4.84 Å². The molecule has 0 aliphatic carbocycles. The van der Waals surface area contributed by atoms with Crippen LogP contribution in [0.15, 0.2) is 24.3 Å². The first kappa shape index (κ1) is 16.8. The zero-order valence-electron chi connectivity index (χ0n) is 11.5. The number of nitrogens with one attached hydrogen (secondary N) is 1. The van der Waals surface area contributed by atoms with E-state index in [1.54, 1.807) is 19.1 Å². The Balaban J connectivity index is 2.53. The number of pyridine rings is 1. The van der Waals surface area contributed by atoms with E-state index >= 15 is 0 Å². The Kier molecular flexibility index (Phi) is 6.32. The molecule has 1 rings (SSSR count). The summed E-state index contributed by atoms with van der Waals surface area (Å²) in [6, 6.07) is 3.10. The van der Waals surface area contributed by atoms with E-state index in [0.29, 0.717) is 0 Å². The number of hydrogen-bond acceptors (Lipinski definition) is 4. The summed E-state index contributed by atoms with van der Waals surface area (Å²) >= 11 is 5.77. The quantitative estimate of drug-likeness (QED) is 0.353. The molecule has 0 saturated heterocycles. The van der Waals surface area contributed by atoms with Crippen molar-refractivity contribution in [3.8, 4) is 0 Å². The highest BCUT2D eigenvalue weighted by Crippen LogP contribution is 2.22. The Morgan fingerprint density at radius 3 is 2.80 bits per heavy atom. The Morgan fingerprint density at radius 1 is 1.50 bits per heavy atom. The van der Waals surface area contributed by atoms with Gasteiger partial charge in [0.25, 0.3) is 0 Å². The molecule has 1 aromatic heterocycles. The third-order valence-corrected chi connectivity index (χ3v) is 2.66. The van der Waals surface area contributed by atoms with E-state index < -0.39 is 12.4 Å². The minimum absolute atomic E-state index is 0.0700.